The van der Waals surface area contributed by atoms with E-state index in [9.17, 15) is 0 Å². The van der Waals surface area contributed by atoms with E-state index in [1.54, 1.807) is 0 Å². The van der Waals surface area contributed by atoms with Crippen molar-refractivity contribution < 1.29 is 0 Å². The van der Waals surface area contributed by atoms with Crippen LogP contribution in [0.1, 0.15) is 49.8 Å². The lowest BCUT2D eigenvalue weighted by Gasteiger charge is -2.41. The number of hydrogen-bond donors (Lipinski definition) is 0. The molecule has 0 unspecified atom stereocenters. The van der Waals surface area contributed by atoms with E-state index in [1.165, 1.54) is 78.1 Å². The number of benzene rings is 5. The van der Waals surface area contributed by atoms with Crippen LogP contribution < -0.4 is 26.2 Å². The third-order valence-corrected chi connectivity index (χ3v) is 11.8. The van der Waals surface area contributed by atoms with Gasteiger partial charge in [-0.3, -0.25) is 0 Å². The van der Waals surface area contributed by atoms with Crippen LogP contribution >= 0.6 is 0 Å². The largest absolute Gasteiger partial charge is 0.311 e. The van der Waals surface area contributed by atoms with Crippen LogP contribution in [0.2, 0.25) is 0 Å². The fourth-order valence-electron chi connectivity index (χ4n) is 9.58. The lowest BCUT2D eigenvalue weighted by atomic mass is 9.34. The van der Waals surface area contributed by atoms with E-state index in [2.05, 4.69) is 184 Å². The zero-order valence-electron chi connectivity index (χ0n) is 30.3. The van der Waals surface area contributed by atoms with Crippen molar-refractivity contribution in [2.24, 2.45) is 0 Å². The van der Waals surface area contributed by atoms with E-state index >= 15 is 0 Å². The van der Waals surface area contributed by atoms with Gasteiger partial charge in [0.25, 0.3) is 6.71 Å². The molecule has 3 aliphatic carbocycles. The van der Waals surface area contributed by atoms with Crippen LogP contribution in [0.3, 0.4) is 0 Å². The average Bonchev–Trinajstić information content (AvgIpc) is 3.60. The molecule has 11 rings (SSSR count). The first-order valence-electron chi connectivity index (χ1n) is 19.6. The minimum absolute atomic E-state index is 0.0812. The van der Waals surface area contributed by atoms with Crippen LogP contribution in [0.5, 0.6) is 0 Å². The molecule has 5 aliphatic rings. The zero-order chi connectivity index (χ0) is 35.6. The Balaban J connectivity index is 1.31. The highest BCUT2D eigenvalue weighted by atomic mass is 15.2. The Bertz CT molecular complexity index is 2670. The number of fused-ring (bicyclic) bond motifs is 4. The minimum Gasteiger partial charge on any atom is -0.311 e. The molecule has 0 atom stereocenters. The van der Waals surface area contributed by atoms with Gasteiger partial charge in [-0.05, 0) is 115 Å². The van der Waals surface area contributed by atoms with E-state index in [4.69, 9.17) is 0 Å². The highest BCUT2D eigenvalue weighted by molar-refractivity contribution is 7.00. The Morgan fingerprint density at radius 2 is 1.19 bits per heavy atom. The predicted octanol–water partition coefficient (Wildman–Crippen LogP) is 11.1. The van der Waals surface area contributed by atoms with Gasteiger partial charge in [0.1, 0.15) is 0 Å². The van der Waals surface area contributed by atoms with Gasteiger partial charge in [-0.2, -0.15) is 0 Å². The lowest BCUT2D eigenvalue weighted by Crippen LogP contribution is -2.60. The summed E-state index contributed by atoms with van der Waals surface area (Å²) in [5.41, 5.74) is 19.1. The molecular weight excluding hydrogens is 653 g/mol. The van der Waals surface area contributed by atoms with Crippen molar-refractivity contribution >= 4 is 73.6 Å². The van der Waals surface area contributed by atoms with Gasteiger partial charge < -0.3 is 14.4 Å². The molecule has 2 aliphatic heterocycles. The van der Waals surface area contributed by atoms with Crippen LogP contribution in [-0.2, 0) is 0 Å². The number of allylic oxidation sites excluding steroid dienone is 11. The van der Waals surface area contributed by atoms with Crippen LogP contribution in [0.4, 0.5) is 28.4 Å². The molecule has 0 bridgehead atoms. The fraction of sp³-hybridized carbons (Fsp3) is 0.120. The molecule has 0 spiro atoms. The normalized spacial score (nSPS) is 16.5. The van der Waals surface area contributed by atoms with Crippen LogP contribution in [0.25, 0.3) is 27.7 Å². The second kappa shape index (κ2) is 12.7. The van der Waals surface area contributed by atoms with Crippen molar-refractivity contribution in [2.45, 2.75) is 38.5 Å². The minimum atomic E-state index is 0.0812. The van der Waals surface area contributed by atoms with Gasteiger partial charge in [0.05, 0.1) is 11.4 Å². The molecule has 0 amide bonds. The molecule has 54 heavy (non-hydrogen) atoms. The van der Waals surface area contributed by atoms with Gasteiger partial charge >= 0.3 is 0 Å². The quantitative estimate of drug-likeness (QED) is 0.161. The second-order valence-corrected chi connectivity index (χ2v) is 14.9. The summed E-state index contributed by atoms with van der Waals surface area (Å²) < 4.78 is 2.66. The molecule has 1 aromatic heterocycles. The summed E-state index contributed by atoms with van der Waals surface area (Å²) in [7, 11) is 0. The highest BCUT2D eigenvalue weighted by Gasteiger charge is 2.43. The Morgan fingerprint density at radius 1 is 0.519 bits per heavy atom. The summed E-state index contributed by atoms with van der Waals surface area (Å²) >= 11 is 0. The van der Waals surface area contributed by atoms with E-state index in [0.29, 0.717) is 0 Å². The van der Waals surface area contributed by atoms with Crippen molar-refractivity contribution in [3.05, 3.63) is 187 Å². The zero-order valence-corrected chi connectivity index (χ0v) is 30.3. The SMILES string of the molecule is C1=CC(c2c(C3=CCCC=C3)n3c4c(cccc24)B2c4ccccc4N(c4ccccc4)c4cc(N(C5=CCCC=C5)c5ccccc5)cc-3c42)=CCC1. The maximum atomic E-state index is 2.66. The second-order valence-electron chi connectivity index (χ2n) is 14.9. The van der Waals surface area contributed by atoms with Gasteiger partial charge in [-0.1, -0.05) is 121 Å². The molecule has 5 aromatic carbocycles. The summed E-state index contributed by atoms with van der Waals surface area (Å²) in [6.07, 6.45) is 27.8. The topological polar surface area (TPSA) is 11.4 Å². The first-order valence-corrected chi connectivity index (χ1v) is 19.6. The molecule has 6 aromatic rings. The monoisotopic (exact) mass is 693 g/mol. The van der Waals surface area contributed by atoms with Crippen molar-refractivity contribution in [1.82, 2.24) is 4.57 Å². The van der Waals surface area contributed by atoms with Gasteiger partial charge in [-0.25, -0.2) is 0 Å². The van der Waals surface area contributed by atoms with E-state index in [-0.39, 0.29) is 6.71 Å². The van der Waals surface area contributed by atoms with Crippen molar-refractivity contribution in [3.8, 4) is 5.69 Å². The maximum absolute atomic E-state index is 2.66. The number of hydrogen-bond acceptors (Lipinski definition) is 2. The van der Waals surface area contributed by atoms with Gasteiger partial charge in [-0.15, -0.1) is 0 Å². The summed E-state index contributed by atoms with van der Waals surface area (Å²) in [6.45, 7) is 0.0812. The number of rotatable bonds is 6. The van der Waals surface area contributed by atoms with Gasteiger partial charge in [0.2, 0.25) is 0 Å². The number of anilines is 5. The number of para-hydroxylation sites is 4. The third-order valence-electron chi connectivity index (χ3n) is 11.8. The molecule has 0 radical (unpaired) electrons. The number of nitrogens with zero attached hydrogens (tertiary/aromatic N) is 3. The summed E-state index contributed by atoms with van der Waals surface area (Å²) in [5.74, 6) is 0. The van der Waals surface area contributed by atoms with E-state index in [0.717, 1.165) is 49.9 Å². The molecule has 0 fully saturated rings. The summed E-state index contributed by atoms with van der Waals surface area (Å²) in [4.78, 5) is 4.99. The molecule has 4 heteroatoms. The van der Waals surface area contributed by atoms with Crippen LogP contribution in [0, 0.1) is 0 Å². The third kappa shape index (κ3) is 4.76. The molecular formula is C50H40BN3. The van der Waals surface area contributed by atoms with Gasteiger partial charge in [0, 0.05) is 50.6 Å². The van der Waals surface area contributed by atoms with Crippen molar-refractivity contribution in [1.29, 1.82) is 0 Å². The Morgan fingerprint density at radius 3 is 1.93 bits per heavy atom. The standard InChI is InChI=1S/C50H40BN3/c1-6-19-35(20-7-1)47-41-29-18-31-43-50(41)54(49(47)36-21-8-2-9-22-36)46-34-40(52(37-23-10-3-11-24-37)38-25-12-4-13-26-38)33-45-48(46)51(43)42-30-16-17-32-44(42)53(45)39-27-14-5-15-28-39/h3,5-6,8,10-12,14-34H,1-2,4,7,9,13H2. The summed E-state index contributed by atoms with van der Waals surface area (Å²) in [5, 5.41) is 1.33. The summed E-state index contributed by atoms with van der Waals surface area (Å²) in [6, 6.07) is 43.0. The number of aromatic nitrogens is 1. The molecule has 3 nitrogen and oxygen atoms in total. The van der Waals surface area contributed by atoms with Crippen LogP contribution in [0.15, 0.2) is 176 Å². The van der Waals surface area contributed by atoms with E-state index in [1.807, 2.05) is 0 Å². The van der Waals surface area contributed by atoms with Crippen molar-refractivity contribution in [3.63, 3.8) is 0 Å². The first-order chi connectivity index (χ1) is 26.8. The Kier molecular flexibility index (Phi) is 7.36. The molecule has 258 valence electrons. The smallest absolute Gasteiger partial charge is 0.252 e. The highest BCUT2D eigenvalue weighted by Crippen LogP contribution is 2.47. The van der Waals surface area contributed by atoms with Gasteiger partial charge in [0.15, 0.2) is 0 Å². The maximum Gasteiger partial charge on any atom is 0.252 e. The predicted molar refractivity (Wildman–Crippen MR) is 230 cm³/mol. The molecule has 3 heterocycles. The molecule has 0 N–H and O–H groups in total. The molecule has 0 saturated heterocycles. The van der Waals surface area contributed by atoms with Crippen molar-refractivity contribution in [2.75, 3.05) is 9.80 Å². The average molecular weight is 694 g/mol. The van der Waals surface area contributed by atoms with Crippen LogP contribution in [-0.4, -0.2) is 11.3 Å². The lowest BCUT2D eigenvalue weighted by molar-refractivity contribution is 0.995. The first kappa shape index (κ1) is 31.3. The van der Waals surface area contributed by atoms with E-state index < -0.39 is 0 Å². The Hall–Kier alpha value is -6.26. The fourth-order valence-corrected chi connectivity index (χ4v) is 9.58. The Labute approximate surface area is 318 Å². The molecule has 0 saturated carbocycles.